The van der Waals surface area contributed by atoms with Gasteiger partial charge in [-0.3, -0.25) is 4.98 Å². The number of methoxy groups -OCH3 is 1. The van der Waals surface area contributed by atoms with Crippen LogP contribution in [0.1, 0.15) is 31.2 Å². The Morgan fingerprint density at radius 2 is 1.86 bits per heavy atom. The van der Waals surface area contributed by atoms with Crippen LogP contribution in [0, 0.1) is 0 Å². The van der Waals surface area contributed by atoms with Crippen molar-refractivity contribution in [3.63, 3.8) is 0 Å². The first-order valence-electron chi connectivity index (χ1n) is 9.73. The van der Waals surface area contributed by atoms with E-state index in [1.54, 1.807) is 19.5 Å². The quantitative estimate of drug-likeness (QED) is 0.633. The zero-order valence-corrected chi connectivity index (χ0v) is 16.1. The molecule has 6 heteroatoms. The van der Waals surface area contributed by atoms with E-state index in [0.29, 0.717) is 18.5 Å². The SMILES string of the molecule is COc1cccc(CNc2cc(-c3ccncc3)nc(NC3CCCC3)n2)c1. The average Bonchev–Trinajstić information content (AvgIpc) is 3.26. The topological polar surface area (TPSA) is 72.0 Å². The molecule has 0 bridgehead atoms. The molecule has 3 aromatic rings. The van der Waals surface area contributed by atoms with Crippen molar-refractivity contribution >= 4 is 11.8 Å². The van der Waals surface area contributed by atoms with Gasteiger partial charge in [-0.15, -0.1) is 0 Å². The minimum atomic E-state index is 0.457. The van der Waals surface area contributed by atoms with E-state index in [1.165, 1.54) is 25.7 Å². The van der Waals surface area contributed by atoms with Gasteiger partial charge in [-0.1, -0.05) is 25.0 Å². The fourth-order valence-corrected chi connectivity index (χ4v) is 3.50. The van der Waals surface area contributed by atoms with Gasteiger partial charge in [0.15, 0.2) is 0 Å². The average molecular weight is 375 g/mol. The Bertz CT molecular complexity index is 910. The van der Waals surface area contributed by atoms with Gasteiger partial charge in [0.05, 0.1) is 12.8 Å². The number of anilines is 2. The molecule has 4 rings (SSSR count). The number of ether oxygens (including phenoxy) is 1. The lowest BCUT2D eigenvalue weighted by molar-refractivity contribution is 0.414. The van der Waals surface area contributed by atoms with E-state index < -0.39 is 0 Å². The zero-order chi connectivity index (χ0) is 19.2. The van der Waals surface area contributed by atoms with Crippen LogP contribution in [0.15, 0.2) is 54.9 Å². The van der Waals surface area contributed by atoms with Crippen molar-refractivity contribution in [3.05, 3.63) is 60.4 Å². The summed E-state index contributed by atoms with van der Waals surface area (Å²) < 4.78 is 5.31. The molecule has 6 nitrogen and oxygen atoms in total. The lowest BCUT2D eigenvalue weighted by Crippen LogP contribution is -2.17. The highest BCUT2D eigenvalue weighted by Crippen LogP contribution is 2.25. The Morgan fingerprint density at radius 3 is 2.64 bits per heavy atom. The largest absolute Gasteiger partial charge is 0.497 e. The molecule has 0 saturated heterocycles. The third-order valence-corrected chi connectivity index (χ3v) is 5.00. The van der Waals surface area contributed by atoms with Gasteiger partial charge in [0.25, 0.3) is 0 Å². The smallest absolute Gasteiger partial charge is 0.225 e. The van der Waals surface area contributed by atoms with Crippen molar-refractivity contribution in [2.45, 2.75) is 38.3 Å². The molecule has 0 atom stereocenters. The number of hydrogen-bond donors (Lipinski definition) is 2. The molecular formula is C22H25N5O. The number of nitrogens with one attached hydrogen (secondary N) is 2. The number of benzene rings is 1. The number of pyridine rings is 1. The maximum atomic E-state index is 5.31. The summed E-state index contributed by atoms with van der Waals surface area (Å²) >= 11 is 0. The molecule has 2 heterocycles. The van der Waals surface area contributed by atoms with E-state index in [4.69, 9.17) is 14.7 Å². The van der Waals surface area contributed by atoms with Gasteiger partial charge in [0.1, 0.15) is 11.6 Å². The fraction of sp³-hybridized carbons (Fsp3) is 0.318. The maximum Gasteiger partial charge on any atom is 0.225 e. The number of rotatable bonds is 7. The van der Waals surface area contributed by atoms with Crippen LogP contribution in [0.5, 0.6) is 5.75 Å². The second-order valence-electron chi connectivity index (χ2n) is 7.03. The summed E-state index contributed by atoms with van der Waals surface area (Å²) in [6.07, 6.45) is 8.45. The second kappa shape index (κ2) is 8.69. The molecule has 1 aliphatic rings. The summed E-state index contributed by atoms with van der Waals surface area (Å²) in [5.41, 5.74) is 3.04. The maximum absolute atomic E-state index is 5.31. The Hall–Kier alpha value is -3.15. The minimum absolute atomic E-state index is 0.457. The highest BCUT2D eigenvalue weighted by molar-refractivity contribution is 5.64. The molecule has 2 N–H and O–H groups in total. The predicted octanol–water partition coefficient (Wildman–Crippen LogP) is 4.51. The summed E-state index contributed by atoms with van der Waals surface area (Å²) in [6.45, 7) is 0.660. The van der Waals surface area contributed by atoms with Crippen molar-refractivity contribution in [1.82, 2.24) is 15.0 Å². The van der Waals surface area contributed by atoms with Gasteiger partial charge in [-0.05, 0) is 42.7 Å². The van der Waals surface area contributed by atoms with Crippen LogP contribution in [0.3, 0.4) is 0 Å². The highest BCUT2D eigenvalue weighted by atomic mass is 16.5. The molecule has 0 amide bonds. The van der Waals surface area contributed by atoms with Gasteiger partial charge < -0.3 is 15.4 Å². The summed E-state index contributed by atoms with van der Waals surface area (Å²) in [5, 5.41) is 6.94. The summed E-state index contributed by atoms with van der Waals surface area (Å²) in [7, 11) is 1.68. The van der Waals surface area contributed by atoms with Gasteiger partial charge in [-0.25, -0.2) is 4.98 Å². The Morgan fingerprint density at radius 1 is 1.04 bits per heavy atom. The van der Waals surface area contributed by atoms with E-state index in [2.05, 4.69) is 21.7 Å². The molecule has 0 radical (unpaired) electrons. The van der Waals surface area contributed by atoms with Gasteiger partial charge in [0, 0.05) is 36.6 Å². The minimum Gasteiger partial charge on any atom is -0.497 e. The van der Waals surface area contributed by atoms with Crippen LogP contribution in [-0.4, -0.2) is 28.1 Å². The van der Waals surface area contributed by atoms with Gasteiger partial charge in [0.2, 0.25) is 5.95 Å². The van der Waals surface area contributed by atoms with E-state index in [-0.39, 0.29) is 0 Å². The number of nitrogens with zero attached hydrogens (tertiary/aromatic N) is 3. The van der Waals surface area contributed by atoms with E-state index >= 15 is 0 Å². The van der Waals surface area contributed by atoms with Crippen molar-refractivity contribution in [1.29, 1.82) is 0 Å². The molecule has 0 aliphatic heterocycles. The highest BCUT2D eigenvalue weighted by Gasteiger charge is 2.16. The first-order chi connectivity index (χ1) is 13.8. The molecule has 1 aromatic carbocycles. The van der Waals surface area contributed by atoms with Crippen LogP contribution >= 0.6 is 0 Å². The zero-order valence-electron chi connectivity index (χ0n) is 16.1. The normalized spacial score (nSPS) is 14.0. The molecule has 0 spiro atoms. The van der Waals surface area contributed by atoms with Crippen molar-refractivity contribution in [3.8, 4) is 17.0 Å². The van der Waals surface area contributed by atoms with E-state index in [1.807, 2.05) is 36.4 Å². The van der Waals surface area contributed by atoms with Crippen LogP contribution < -0.4 is 15.4 Å². The third kappa shape index (κ3) is 4.57. The Balaban J connectivity index is 1.57. The predicted molar refractivity (Wildman–Crippen MR) is 111 cm³/mol. The van der Waals surface area contributed by atoms with Crippen LogP contribution in [-0.2, 0) is 6.54 Å². The first kappa shape index (κ1) is 18.2. The van der Waals surface area contributed by atoms with E-state index in [0.717, 1.165) is 28.4 Å². The van der Waals surface area contributed by atoms with Crippen LogP contribution in [0.4, 0.5) is 11.8 Å². The second-order valence-corrected chi connectivity index (χ2v) is 7.03. The standard InChI is InChI=1S/C22H25N5O/c1-28-19-8-4-5-16(13-19)15-24-21-14-20(17-9-11-23-12-10-17)26-22(27-21)25-18-6-2-3-7-18/h4-5,8-14,18H,2-3,6-7,15H2,1H3,(H2,24,25,26,27). The molecular weight excluding hydrogens is 350 g/mol. The van der Waals surface area contributed by atoms with Gasteiger partial charge in [-0.2, -0.15) is 4.98 Å². The summed E-state index contributed by atoms with van der Waals surface area (Å²) in [6, 6.07) is 14.4. The Labute approximate surface area is 165 Å². The Kier molecular flexibility index (Phi) is 5.66. The number of aromatic nitrogens is 3. The van der Waals surface area contributed by atoms with Crippen molar-refractivity contribution in [2.24, 2.45) is 0 Å². The molecule has 0 unspecified atom stereocenters. The lowest BCUT2D eigenvalue weighted by Gasteiger charge is -2.15. The van der Waals surface area contributed by atoms with Gasteiger partial charge >= 0.3 is 0 Å². The molecule has 28 heavy (non-hydrogen) atoms. The third-order valence-electron chi connectivity index (χ3n) is 5.00. The monoisotopic (exact) mass is 375 g/mol. The van der Waals surface area contributed by atoms with E-state index in [9.17, 15) is 0 Å². The fourth-order valence-electron chi connectivity index (χ4n) is 3.50. The van der Waals surface area contributed by atoms with Crippen LogP contribution in [0.25, 0.3) is 11.3 Å². The lowest BCUT2D eigenvalue weighted by atomic mass is 10.2. The van der Waals surface area contributed by atoms with Crippen molar-refractivity contribution in [2.75, 3.05) is 17.7 Å². The molecule has 2 aromatic heterocycles. The molecule has 1 aliphatic carbocycles. The van der Waals surface area contributed by atoms with Crippen molar-refractivity contribution < 1.29 is 4.74 Å². The molecule has 144 valence electrons. The molecule has 1 fully saturated rings. The first-order valence-corrected chi connectivity index (χ1v) is 9.73. The number of hydrogen-bond acceptors (Lipinski definition) is 6. The summed E-state index contributed by atoms with van der Waals surface area (Å²) in [4.78, 5) is 13.5. The summed E-state index contributed by atoms with van der Waals surface area (Å²) in [5.74, 6) is 2.32. The van der Waals surface area contributed by atoms with Crippen LogP contribution in [0.2, 0.25) is 0 Å². The molecule has 1 saturated carbocycles.